The van der Waals surface area contributed by atoms with Crippen molar-refractivity contribution in [3.8, 4) is 0 Å². The van der Waals surface area contributed by atoms with E-state index in [0.29, 0.717) is 6.42 Å². The van der Waals surface area contributed by atoms with Gasteiger partial charge in [-0.25, -0.2) is 4.79 Å². The van der Waals surface area contributed by atoms with Crippen molar-refractivity contribution in [2.24, 2.45) is 17.4 Å². The lowest BCUT2D eigenvalue weighted by Crippen LogP contribution is -2.55. The third-order valence-electron chi connectivity index (χ3n) is 3.79. The molecule has 9 N–H and O–H groups in total. The first kappa shape index (κ1) is 24.3. The summed E-state index contributed by atoms with van der Waals surface area (Å²) in [4.78, 5) is 57.4. The molecule has 0 fully saturated rings. The van der Waals surface area contributed by atoms with Crippen LogP contribution in [0.4, 0.5) is 0 Å². The number of primary amides is 1. The quantitative estimate of drug-likeness (QED) is 0.176. The van der Waals surface area contributed by atoms with Crippen molar-refractivity contribution < 1.29 is 34.2 Å². The van der Waals surface area contributed by atoms with Crippen molar-refractivity contribution in [2.45, 2.75) is 44.8 Å². The number of carboxylic acids is 1. The van der Waals surface area contributed by atoms with E-state index in [2.05, 4.69) is 16.0 Å². The SMILES string of the molecule is CCC(C)C(NC(=O)CNC(=O)C(CO)NC(=O)C(N)CC(N)=O)C(=O)O. The highest BCUT2D eigenvalue weighted by Crippen LogP contribution is 2.07. The van der Waals surface area contributed by atoms with E-state index in [1.54, 1.807) is 13.8 Å². The topological polar surface area (TPSA) is 214 Å². The van der Waals surface area contributed by atoms with Crippen LogP contribution < -0.4 is 27.4 Å². The number of rotatable bonds is 12. The molecule has 0 saturated carbocycles. The minimum atomic E-state index is -1.41. The Kier molecular flexibility index (Phi) is 10.6. The number of carbonyl (C=O) groups is 5. The summed E-state index contributed by atoms with van der Waals surface area (Å²) >= 11 is 0. The molecule has 0 aromatic rings. The molecule has 12 nitrogen and oxygen atoms in total. The van der Waals surface area contributed by atoms with Crippen LogP contribution in [-0.2, 0) is 24.0 Å². The van der Waals surface area contributed by atoms with E-state index in [1.807, 2.05) is 0 Å². The van der Waals surface area contributed by atoms with Crippen LogP contribution in [-0.4, -0.2) is 71.1 Å². The lowest BCUT2D eigenvalue weighted by molar-refractivity contribution is -0.143. The van der Waals surface area contributed by atoms with Gasteiger partial charge in [0.2, 0.25) is 23.6 Å². The van der Waals surface area contributed by atoms with Crippen LogP contribution in [0.15, 0.2) is 0 Å². The molecule has 27 heavy (non-hydrogen) atoms. The van der Waals surface area contributed by atoms with E-state index in [4.69, 9.17) is 16.6 Å². The van der Waals surface area contributed by atoms with Gasteiger partial charge in [0.15, 0.2) is 0 Å². The summed E-state index contributed by atoms with van der Waals surface area (Å²) in [7, 11) is 0. The van der Waals surface area contributed by atoms with Crippen LogP contribution in [0.5, 0.6) is 0 Å². The Bertz CT molecular complexity index is 569. The molecule has 0 aliphatic heterocycles. The van der Waals surface area contributed by atoms with Gasteiger partial charge in [-0.15, -0.1) is 0 Å². The number of carboxylic acid groups (broad SMARTS) is 1. The van der Waals surface area contributed by atoms with Gasteiger partial charge in [0.25, 0.3) is 0 Å². The van der Waals surface area contributed by atoms with Gasteiger partial charge in [0.05, 0.1) is 25.6 Å². The molecule has 0 bridgehead atoms. The molecule has 0 spiro atoms. The molecule has 0 heterocycles. The van der Waals surface area contributed by atoms with E-state index < -0.39 is 67.3 Å². The van der Waals surface area contributed by atoms with E-state index in [9.17, 15) is 29.1 Å². The van der Waals surface area contributed by atoms with Crippen LogP contribution in [0, 0.1) is 5.92 Å². The Hall–Kier alpha value is -2.73. The molecular formula is C15H27N5O7. The predicted molar refractivity (Wildman–Crippen MR) is 92.8 cm³/mol. The zero-order valence-electron chi connectivity index (χ0n) is 15.2. The minimum absolute atomic E-state index is 0.321. The van der Waals surface area contributed by atoms with E-state index in [0.717, 1.165) is 0 Å². The largest absolute Gasteiger partial charge is 0.480 e. The Morgan fingerprint density at radius 1 is 1.07 bits per heavy atom. The average Bonchev–Trinajstić information content (AvgIpc) is 2.60. The molecule has 0 aromatic carbocycles. The third kappa shape index (κ3) is 8.96. The third-order valence-corrected chi connectivity index (χ3v) is 3.79. The summed E-state index contributed by atoms with van der Waals surface area (Å²) in [6, 6.07) is -3.81. The normalized spacial score (nSPS) is 15.0. The summed E-state index contributed by atoms with van der Waals surface area (Å²) in [6.07, 6.45) is 0.0774. The fourth-order valence-corrected chi connectivity index (χ4v) is 1.98. The molecule has 12 heteroatoms. The molecular weight excluding hydrogens is 362 g/mol. The number of aliphatic carboxylic acids is 1. The first-order chi connectivity index (χ1) is 12.5. The fraction of sp³-hybridized carbons (Fsp3) is 0.667. The molecule has 0 aromatic heterocycles. The molecule has 0 aliphatic rings. The van der Waals surface area contributed by atoms with Crippen LogP contribution >= 0.6 is 0 Å². The van der Waals surface area contributed by atoms with Crippen molar-refractivity contribution in [3.05, 3.63) is 0 Å². The number of nitrogens with two attached hydrogens (primary N) is 2. The summed E-state index contributed by atoms with van der Waals surface area (Å²) < 4.78 is 0. The Labute approximate surface area is 156 Å². The van der Waals surface area contributed by atoms with Gasteiger partial charge in [0.1, 0.15) is 12.1 Å². The maximum absolute atomic E-state index is 12.0. The lowest BCUT2D eigenvalue weighted by atomic mass is 9.99. The molecule has 4 amide bonds. The van der Waals surface area contributed by atoms with Gasteiger partial charge in [-0.2, -0.15) is 0 Å². The summed E-state index contributed by atoms with van der Waals surface area (Å²) in [6.45, 7) is 2.09. The van der Waals surface area contributed by atoms with Crippen LogP contribution in [0.3, 0.4) is 0 Å². The maximum Gasteiger partial charge on any atom is 0.326 e. The minimum Gasteiger partial charge on any atom is -0.480 e. The first-order valence-electron chi connectivity index (χ1n) is 8.28. The Morgan fingerprint density at radius 3 is 2.11 bits per heavy atom. The maximum atomic E-state index is 12.0. The van der Waals surface area contributed by atoms with Gasteiger partial charge < -0.3 is 37.6 Å². The summed E-state index contributed by atoms with van der Waals surface area (Å²) in [5.41, 5.74) is 10.3. The van der Waals surface area contributed by atoms with E-state index >= 15 is 0 Å². The molecule has 4 unspecified atom stereocenters. The van der Waals surface area contributed by atoms with Gasteiger partial charge in [-0.05, 0) is 5.92 Å². The fourth-order valence-electron chi connectivity index (χ4n) is 1.98. The van der Waals surface area contributed by atoms with Crippen LogP contribution in [0.25, 0.3) is 0 Å². The Balaban J connectivity index is 4.63. The number of aliphatic hydroxyl groups excluding tert-OH is 1. The molecule has 154 valence electrons. The highest BCUT2D eigenvalue weighted by atomic mass is 16.4. The lowest BCUT2D eigenvalue weighted by Gasteiger charge is -2.21. The van der Waals surface area contributed by atoms with Crippen molar-refractivity contribution in [3.63, 3.8) is 0 Å². The first-order valence-corrected chi connectivity index (χ1v) is 8.28. The Morgan fingerprint density at radius 2 is 1.67 bits per heavy atom. The van der Waals surface area contributed by atoms with E-state index in [1.165, 1.54) is 0 Å². The van der Waals surface area contributed by atoms with E-state index in [-0.39, 0.29) is 5.92 Å². The summed E-state index contributed by atoms with van der Waals surface area (Å²) in [5, 5.41) is 24.9. The van der Waals surface area contributed by atoms with Gasteiger partial charge in [0, 0.05) is 0 Å². The second-order valence-corrected chi connectivity index (χ2v) is 6.01. The molecule has 0 saturated heterocycles. The highest BCUT2D eigenvalue weighted by molar-refractivity contribution is 5.93. The number of carbonyl (C=O) groups excluding carboxylic acids is 4. The van der Waals surface area contributed by atoms with Crippen LogP contribution in [0.1, 0.15) is 26.7 Å². The molecule has 0 aliphatic carbocycles. The molecule has 0 rings (SSSR count). The second-order valence-electron chi connectivity index (χ2n) is 6.01. The zero-order chi connectivity index (χ0) is 21.1. The number of nitrogens with one attached hydrogen (secondary N) is 3. The monoisotopic (exact) mass is 389 g/mol. The van der Waals surface area contributed by atoms with Crippen molar-refractivity contribution >= 4 is 29.6 Å². The standard InChI is InChI=1S/C15H27N5O7/c1-3-7(2)12(15(26)27)20-11(23)5-18-14(25)9(6-21)19-13(24)8(16)4-10(17)22/h7-9,12,21H,3-6,16H2,1-2H3,(H2,17,22)(H,18,25)(H,19,24)(H,20,23)(H,26,27). The van der Waals surface area contributed by atoms with Crippen LogP contribution in [0.2, 0.25) is 0 Å². The number of hydrogen-bond donors (Lipinski definition) is 7. The van der Waals surface area contributed by atoms with Gasteiger partial charge >= 0.3 is 5.97 Å². The summed E-state index contributed by atoms with van der Waals surface area (Å²) in [5.74, 6) is -4.85. The predicted octanol–water partition coefficient (Wildman–Crippen LogP) is -3.60. The molecule has 4 atom stereocenters. The number of hydrogen-bond acceptors (Lipinski definition) is 7. The number of amides is 4. The van der Waals surface area contributed by atoms with Crippen molar-refractivity contribution in [1.29, 1.82) is 0 Å². The second kappa shape index (κ2) is 11.8. The van der Waals surface area contributed by atoms with Crippen molar-refractivity contribution in [1.82, 2.24) is 16.0 Å². The van der Waals surface area contributed by atoms with Gasteiger partial charge in [-0.3, -0.25) is 19.2 Å². The van der Waals surface area contributed by atoms with Gasteiger partial charge in [-0.1, -0.05) is 20.3 Å². The highest BCUT2D eigenvalue weighted by Gasteiger charge is 2.27. The number of aliphatic hydroxyl groups is 1. The smallest absolute Gasteiger partial charge is 0.326 e. The average molecular weight is 389 g/mol. The zero-order valence-corrected chi connectivity index (χ0v) is 15.2. The van der Waals surface area contributed by atoms with Crippen molar-refractivity contribution in [2.75, 3.05) is 13.2 Å². The molecule has 0 radical (unpaired) electrons.